The molecule has 0 saturated carbocycles. The highest BCUT2D eigenvalue weighted by molar-refractivity contribution is 7.13. The van der Waals surface area contributed by atoms with Crippen LogP contribution >= 0.6 is 11.3 Å². The van der Waals surface area contributed by atoms with Gasteiger partial charge in [-0.15, -0.1) is 11.3 Å². The summed E-state index contributed by atoms with van der Waals surface area (Å²) in [6, 6.07) is 17.4. The maximum atomic E-state index is 13.1. The van der Waals surface area contributed by atoms with Gasteiger partial charge in [0.1, 0.15) is 10.8 Å². The molecular formula is C22H24FN3OS. The van der Waals surface area contributed by atoms with E-state index in [2.05, 4.69) is 45.9 Å². The number of hydrogen-bond donors (Lipinski definition) is 1. The van der Waals surface area contributed by atoms with E-state index in [9.17, 15) is 4.39 Å². The van der Waals surface area contributed by atoms with Gasteiger partial charge in [-0.3, -0.25) is 4.90 Å². The molecule has 6 heteroatoms. The minimum absolute atomic E-state index is 0.225. The van der Waals surface area contributed by atoms with Gasteiger partial charge in [0.05, 0.1) is 18.9 Å². The summed E-state index contributed by atoms with van der Waals surface area (Å²) in [5.41, 5.74) is 3.29. The number of aromatic nitrogens is 1. The second kappa shape index (κ2) is 9.39. The van der Waals surface area contributed by atoms with Crippen molar-refractivity contribution < 1.29 is 9.13 Å². The van der Waals surface area contributed by atoms with Crippen molar-refractivity contribution in [3.8, 4) is 10.6 Å². The summed E-state index contributed by atoms with van der Waals surface area (Å²) in [4.78, 5) is 7.18. The van der Waals surface area contributed by atoms with Crippen molar-refractivity contribution in [3.05, 3.63) is 77.1 Å². The lowest BCUT2D eigenvalue weighted by Gasteiger charge is -2.35. The van der Waals surface area contributed by atoms with Gasteiger partial charge in [-0.2, -0.15) is 0 Å². The molecule has 0 radical (unpaired) electrons. The number of hydrogen-bond acceptors (Lipinski definition) is 5. The number of morpholine rings is 1. The Morgan fingerprint density at radius 2 is 1.82 bits per heavy atom. The molecule has 4 nitrogen and oxygen atoms in total. The third kappa shape index (κ3) is 4.83. The fraction of sp³-hybridized carbons (Fsp3) is 0.318. The van der Waals surface area contributed by atoms with Gasteiger partial charge in [0.25, 0.3) is 0 Å². The van der Waals surface area contributed by atoms with Crippen LogP contribution < -0.4 is 5.32 Å². The summed E-state index contributed by atoms with van der Waals surface area (Å²) in [5.74, 6) is -0.225. The number of benzene rings is 2. The van der Waals surface area contributed by atoms with Crippen LogP contribution in [0.1, 0.15) is 17.3 Å². The van der Waals surface area contributed by atoms with Crippen LogP contribution in [0.4, 0.5) is 4.39 Å². The zero-order valence-corrected chi connectivity index (χ0v) is 16.5. The van der Waals surface area contributed by atoms with Crippen molar-refractivity contribution >= 4 is 11.3 Å². The standard InChI is InChI=1S/C22H24FN3OS/c23-19-8-6-18(7-9-19)22-25-20(16-28-22)14-24-15-21(17-4-2-1-3-5-17)26-10-12-27-13-11-26/h1-9,16,21,24H,10-15H2. The van der Waals surface area contributed by atoms with E-state index in [1.807, 2.05) is 0 Å². The number of ether oxygens (including phenoxy) is 1. The Hall–Kier alpha value is -2.12. The first-order valence-corrected chi connectivity index (χ1v) is 10.5. The predicted octanol–water partition coefficient (Wildman–Crippen LogP) is 4.11. The highest BCUT2D eigenvalue weighted by atomic mass is 32.1. The zero-order chi connectivity index (χ0) is 19.2. The van der Waals surface area contributed by atoms with Crippen LogP contribution in [0, 0.1) is 5.82 Å². The van der Waals surface area contributed by atoms with E-state index in [-0.39, 0.29) is 5.82 Å². The first-order chi connectivity index (χ1) is 13.8. The lowest BCUT2D eigenvalue weighted by atomic mass is 10.0. The molecule has 2 heterocycles. The Morgan fingerprint density at radius 1 is 1.07 bits per heavy atom. The van der Waals surface area contributed by atoms with E-state index in [4.69, 9.17) is 9.72 Å². The molecule has 0 bridgehead atoms. The van der Waals surface area contributed by atoms with E-state index in [0.29, 0.717) is 12.6 Å². The quantitative estimate of drug-likeness (QED) is 0.651. The summed E-state index contributed by atoms with van der Waals surface area (Å²) in [6.07, 6.45) is 0. The second-order valence-corrected chi connectivity index (χ2v) is 7.71. The van der Waals surface area contributed by atoms with Crippen molar-refractivity contribution in [1.29, 1.82) is 0 Å². The Kier molecular flexibility index (Phi) is 6.44. The molecular weight excluding hydrogens is 373 g/mol. The Labute approximate surface area is 169 Å². The predicted molar refractivity (Wildman–Crippen MR) is 111 cm³/mol. The second-order valence-electron chi connectivity index (χ2n) is 6.86. The summed E-state index contributed by atoms with van der Waals surface area (Å²) < 4.78 is 18.6. The van der Waals surface area contributed by atoms with E-state index in [0.717, 1.165) is 49.1 Å². The maximum absolute atomic E-state index is 13.1. The zero-order valence-electron chi connectivity index (χ0n) is 15.7. The fourth-order valence-corrected chi connectivity index (χ4v) is 4.30. The van der Waals surface area contributed by atoms with Crippen LogP contribution in [-0.4, -0.2) is 42.7 Å². The molecule has 146 valence electrons. The van der Waals surface area contributed by atoms with Gasteiger partial charge in [0.2, 0.25) is 0 Å². The third-order valence-corrected chi connectivity index (χ3v) is 5.90. The van der Waals surface area contributed by atoms with Crippen molar-refractivity contribution in [2.45, 2.75) is 12.6 Å². The lowest BCUT2D eigenvalue weighted by molar-refractivity contribution is 0.0161. The fourth-order valence-electron chi connectivity index (χ4n) is 3.47. The van der Waals surface area contributed by atoms with E-state index in [1.165, 1.54) is 17.7 Å². The van der Waals surface area contributed by atoms with Gasteiger partial charge < -0.3 is 10.1 Å². The largest absolute Gasteiger partial charge is 0.379 e. The maximum Gasteiger partial charge on any atom is 0.123 e. The van der Waals surface area contributed by atoms with E-state index in [1.54, 1.807) is 23.5 Å². The Balaban J connectivity index is 1.38. The highest BCUT2D eigenvalue weighted by Crippen LogP contribution is 2.24. The molecule has 1 atom stereocenters. The lowest BCUT2D eigenvalue weighted by Crippen LogP contribution is -2.42. The number of nitrogens with zero attached hydrogens (tertiary/aromatic N) is 2. The summed E-state index contributed by atoms with van der Waals surface area (Å²) in [7, 11) is 0. The SMILES string of the molecule is Fc1ccc(-c2nc(CNCC(c3ccccc3)N3CCOCC3)cs2)cc1. The molecule has 3 aromatic rings. The first kappa shape index (κ1) is 19.2. The van der Waals surface area contributed by atoms with Crippen molar-refractivity contribution in [2.24, 2.45) is 0 Å². The number of halogens is 1. The molecule has 28 heavy (non-hydrogen) atoms. The normalized spacial score (nSPS) is 16.2. The van der Waals surface area contributed by atoms with Gasteiger partial charge >= 0.3 is 0 Å². The van der Waals surface area contributed by atoms with Crippen molar-refractivity contribution in [2.75, 3.05) is 32.8 Å². The van der Waals surface area contributed by atoms with Gasteiger partial charge in [-0.05, 0) is 29.8 Å². The summed E-state index contributed by atoms with van der Waals surface area (Å²) >= 11 is 1.59. The molecule has 0 spiro atoms. The average Bonchev–Trinajstić information content (AvgIpc) is 3.22. The number of rotatable bonds is 7. The molecule has 0 aliphatic carbocycles. The van der Waals surface area contributed by atoms with Crippen LogP contribution in [-0.2, 0) is 11.3 Å². The van der Waals surface area contributed by atoms with Gasteiger partial charge in [0, 0.05) is 43.2 Å². The minimum atomic E-state index is -0.225. The third-order valence-electron chi connectivity index (χ3n) is 4.96. The van der Waals surface area contributed by atoms with Crippen LogP contribution in [0.5, 0.6) is 0 Å². The molecule has 2 aromatic carbocycles. The molecule has 1 N–H and O–H groups in total. The van der Waals surface area contributed by atoms with Crippen LogP contribution in [0.25, 0.3) is 10.6 Å². The Bertz CT molecular complexity index is 863. The molecule has 1 aliphatic rings. The van der Waals surface area contributed by atoms with Crippen LogP contribution in [0.2, 0.25) is 0 Å². The van der Waals surface area contributed by atoms with Crippen LogP contribution in [0.3, 0.4) is 0 Å². The molecule has 0 amide bonds. The monoisotopic (exact) mass is 397 g/mol. The van der Waals surface area contributed by atoms with Gasteiger partial charge in [-0.1, -0.05) is 30.3 Å². The van der Waals surface area contributed by atoms with Crippen molar-refractivity contribution in [3.63, 3.8) is 0 Å². The molecule has 1 saturated heterocycles. The van der Waals surface area contributed by atoms with Crippen molar-refractivity contribution in [1.82, 2.24) is 15.2 Å². The topological polar surface area (TPSA) is 37.4 Å². The first-order valence-electron chi connectivity index (χ1n) is 9.57. The smallest absolute Gasteiger partial charge is 0.123 e. The van der Waals surface area contributed by atoms with Gasteiger partial charge in [0.15, 0.2) is 0 Å². The highest BCUT2D eigenvalue weighted by Gasteiger charge is 2.22. The average molecular weight is 398 g/mol. The molecule has 1 aliphatic heterocycles. The Morgan fingerprint density at radius 3 is 2.57 bits per heavy atom. The summed E-state index contributed by atoms with van der Waals surface area (Å²) in [6.45, 7) is 5.05. The minimum Gasteiger partial charge on any atom is -0.379 e. The molecule has 1 fully saturated rings. The van der Waals surface area contributed by atoms with E-state index >= 15 is 0 Å². The number of nitrogens with one attached hydrogen (secondary N) is 1. The number of thiazole rings is 1. The summed E-state index contributed by atoms with van der Waals surface area (Å²) in [5, 5.41) is 6.56. The molecule has 4 rings (SSSR count). The molecule has 1 aromatic heterocycles. The van der Waals surface area contributed by atoms with Crippen LogP contribution in [0.15, 0.2) is 60.0 Å². The molecule has 1 unspecified atom stereocenters. The van der Waals surface area contributed by atoms with E-state index < -0.39 is 0 Å². The van der Waals surface area contributed by atoms with Gasteiger partial charge in [-0.25, -0.2) is 9.37 Å².